The predicted molar refractivity (Wildman–Crippen MR) is 72.6 cm³/mol. The second-order valence-corrected chi connectivity index (χ2v) is 3.73. The lowest BCUT2D eigenvalue weighted by Crippen LogP contribution is -2.04. The molecule has 2 rings (SSSR count). The first-order chi connectivity index (χ1) is 8.88. The molecule has 4 nitrogen and oxygen atoms in total. The Kier molecular flexibility index (Phi) is 4.44. The largest absolute Gasteiger partial charge is 0.395 e. The van der Waals surface area contributed by atoms with Crippen molar-refractivity contribution in [1.29, 1.82) is 0 Å². The van der Waals surface area contributed by atoms with E-state index in [4.69, 9.17) is 5.11 Å². The van der Waals surface area contributed by atoms with Crippen molar-refractivity contribution in [3.63, 3.8) is 0 Å². The summed E-state index contributed by atoms with van der Waals surface area (Å²) in [6.45, 7) is 0.667. The van der Waals surface area contributed by atoms with Gasteiger partial charge >= 0.3 is 0 Å². The second-order valence-electron chi connectivity index (χ2n) is 3.73. The molecular weight excluding hydrogens is 226 g/mol. The molecule has 2 aromatic rings. The van der Waals surface area contributed by atoms with Crippen LogP contribution in [0.3, 0.4) is 0 Å². The molecule has 0 bridgehead atoms. The summed E-state index contributed by atoms with van der Waals surface area (Å²) < 4.78 is 0. The van der Waals surface area contributed by atoms with E-state index in [2.05, 4.69) is 15.5 Å². The monoisotopic (exact) mass is 241 g/mol. The average Bonchev–Trinajstić information content (AvgIpc) is 2.45. The van der Waals surface area contributed by atoms with E-state index in [1.54, 1.807) is 0 Å². The van der Waals surface area contributed by atoms with Gasteiger partial charge in [-0.3, -0.25) is 0 Å². The van der Waals surface area contributed by atoms with Crippen LogP contribution in [0.5, 0.6) is 0 Å². The van der Waals surface area contributed by atoms with E-state index >= 15 is 0 Å². The Bertz CT molecular complexity index is 494. The van der Waals surface area contributed by atoms with E-state index in [9.17, 15) is 0 Å². The van der Waals surface area contributed by atoms with E-state index in [0.717, 1.165) is 17.1 Å². The standard InChI is InChI=1S/C14H15N3O/c18-11-10-15-12-6-8-14(9-7-12)17-16-13-4-2-1-3-5-13/h1-9,15,18H,10-11H2. The Morgan fingerprint density at radius 3 is 2.06 bits per heavy atom. The molecule has 0 atom stereocenters. The van der Waals surface area contributed by atoms with Crippen molar-refractivity contribution in [3.8, 4) is 0 Å². The van der Waals surface area contributed by atoms with E-state index in [0.29, 0.717) is 6.54 Å². The van der Waals surface area contributed by atoms with Crippen LogP contribution in [-0.2, 0) is 0 Å². The summed E-state index contributed by atoms with van der Waals surface area (Å²) in [5, 5.41) is 20.0. The fourth-order valence-electron chi connectivity index (χ4n) is 1.46. The van der Waals surface area contributed by atoms with Crippen LogP contribution in [0.15, 0.2) is 64.8 Å². The fraction of sp³-hybridized carbons (Fsp3) is 0.143. The maximum Gasteiger partial charge on any atom is 0.0858 e. The van der Waals surface area contributed by atoms with Crippen LogP contribution in [0.2, 0.25) is 0 Å². The zero-order chi connectivity index (χ0) is 12.6. The zero-order valence-corrected chi connectivity index (χ0v) is 9.95. The molecule has 0 aliphatic carbocycles. The average molecular weight is 241 g/mol. The third-order valence-electron chi connectivity index (χ3n) is 2.35. The van der Waals surface area contributed by atoms with Gasteiger partial charge in [-0.25, -0.2) is 0 Å². The Balaban J connectivity index is 2.00. The van der Waals surface area contributed by atoms with Gasteiger partial charge in [0.25, 0.3) is 0 Å². The minimum atomic E-state index is 0.121. The van der Waals surface area contributed by atoms with Gasteiger partial charge in [-0.1, -0.05) is 18.2 Å². The molecule has 0 aliphatic rings. The summed E-state index contributed by atoms with van der Waals surface area (Å²) >= 11 is 0. The van der Waals surface area contributed by atoms with Crippen molar-refractivity contribution in [3.05, 3.63) is 54.6 Å². The van der Waals surface area contributed by atoms with Crippen LogP contribution in [0.25, 0.3) is 0 Å². The van der Waals surface area contributed by atoms with Gasteiger partial charge in [0.15, 0.2) is 0 Å². The van der Waals surface area contributed by atoms with E-state index in [1.165, 1.54) is 0 Å². The molecule has 2 N–H and O–H groups in total. The number of aliphatic hydroxyl groups is 1. The van der Waals surface area contributed by atoms with Gasteiger partial charge in [0.1, 0.15) is 0 Å². The van der Waals surface area contributed by atoms with Gasteiger partial charge in [0.2, 0.25) is 0 Å². The summed E-state index contributed by atoms with van der Waals surface area (Å²) in [7, 11) is 0. The highest BCUT2D eigenvalue weighted by molar-refractivity contribution is 5.51. The highest BCUT2D eigenvalue weighted by Crippen LogP contribution is 2.19. The molecule has 0 amide bonds. The van der Waals surface area contributed by atoms with Gasteiger partial charge < -0.3 is 10.4 Å². The van der Waals surface area contributed by atoms with Crippen LogP contribution in [-0.4, -0.2) is 18.3 Å². The van der Waals surface area contributed by atoms with Crippen molar-refractivity contribution >= 4 is 17.1 Å². The van der Waals surface area contributed by atoms with Crippen LogP contribution < -0.4 is 5.32 Å². The van der Waals surface area contributed by atoms with Gasteiger partial charge in [-0.2, -0.15) is 10.2 Å². The quantitative estimate of drug-likeness (QED) is 0.787. The summed E-state index contributed by atoms with van der Waals surface area (Å²) in [4.78, 5) is 0. The molecular formula is C14H15N3O. The second kappa shape index (κ2) is 6.51. The fourth-order valence-corrected chi connectivity index (χ4v) is 1.46. The molecule has 0 aromatic heterocycles. The number of hydrogen-bond acceptors (Lipinski definition) is 4. The molecule has 0 saturated carbocycles. The molecule has 0 heterocycles. The molecule has 0 spiro atoms. The Hall–Kier alpha value is -2.20. The van der Waals surface area contributed by atoms with Crippen LogP contribution in [0.4, 0.5) is 17.1 Å². The molecule has 0 saturated heterocycles. The molecule has 0 fully saturated rings. The van der Waals surface area contributed by atoms with Gasteiger partial charge in [-0.05, 0) is 36.4 Å². The van der Waals surface area contributed by atoms with Gasteiger partial charge in [-0.15, -0.1) is 0 Å². The number of nitrogens with one attached hydrogen (secondary N) is 1. The first-order valence-electron chi connectivity index (χ1n) is 5.80. The number of nitrogens with zero attached hydrogens (tertiary/aromatic N) is 2. The molecule has 18 heavy (non-hydrogen) atoms. The summed E-state index contributed by atoms with van der Waals surface area (Å²) in [5.74, 6) is 0. The minimum absolute atomic E-state index is 0.121. The Morgan fingerprint density at radius 1 is 0.833 bits per heavy atom. The van der Waals surface area contributed by atoms with E-state index < -0.39 is 0 Å². The van der Waals surface area contributed by atoms with Crippen molar-refractivity contribution in [2.75, 3.05) is 18.5 Å². The molecule has 4 heteroatoms. The van der Waals surface area contributed by atoms with Crippen molar-refractivity contribution < 1.29 is 5.11 Å². The first kappa shape index (κ1) is 12.3. The van der Waals surface area contributed by atoms with Crippen LogP contribution >= 0.6 is 0 Å². The molecule has 0 unspecified atom stereocenters. The Morgan fingerprint density at radius 2 is 1.44 bits per heavy atom. The highest BCUT2D eigenvalue weighted by atomic mass is 16.3. The molecule has 0 aliphatic heterocycles. The third-order valence-corrected chi connectivity index (χ3v) is 2.35. The smallest absolute Gasteiger partial charge is 0.0858 e. The van der Waals surface area contributed by atoms with E-state index in [-0.39, 0.29) is 6.61 Å². The summed E-state index contributed by atoms with van der Waals surface area (Å²) in [6, 6.07) is 17.2. The van der Waals surface area contributed by atoms with Crippen LogP contribution in [0.1, 0.15) is 0 Å². The van der Waals surface area contributed by atoms with Crippen molar-refractivity contribution in [2.45, 2.75) is 0 Å². The number of rotatable bonds is 5. The highest BCUT2D eigenvalue weighted by Gasteiger charge is 1.92. The number of anilines is 1. The lowest BCUT2D eigenvalue weighted by atomic mass is 10.3. The normalized spacial score (nSPS) is 10.7. The molecule has 92 valence electrons. The van der Waals surface area contributed by atoms with E-state index in [1.807, 2.05) is 54.6 Å². The lowest BCUT2D eigenvalue weighted by Gasteiger charge is -2.03. The predicted octanol–water partition coefficient (Wildman–Crippen LogP) is 3.51. The zero-order valence-electron chi connectivity index (χ0n) is 9.95. The Labute approximate surface area is 106 Å². The molecule has 0 radical (unpaired) electrons. The maximum atomic E-state index is 8.70. The topological polar surface area (TPSA) is 57.0 Å². The van der Waals surface area contributed by atoms with Gasteiger partial charge in [0.05, 0.1) is 18.0 Å². The van der Waals surface area contributed by atoms with Crippen molar-refractivity contribution in [2.24, 2.45) is 10.2 Å². The number of azo groups is 1. The first-order valence-corrected chi connectivity index (χ1v) is 5.80. The lowest BCUT2D eigenvalue weighted by molar-refractivity contribution is 0.311. The van der Waals surface area contributed by atoms with Crippen LogP contribution in [0, 0.1) is 0 Å². The summed E-state index contributed by atoms with van der Waals surface area (Å²) in [5.41, 5.74) is 2.59. The number of benzene rings is 2. The van der Waals surface area contributed by atoms with Gasteiger partial charge in [0, 0.05) is 12.2 Å². The number of aliphatic hydroxyl groups excluding tert-OH is 1. The SMILES string of the molecule is OCCNc1ccc(N=Nc2ccccc2)cc1. The third kappa shape index (κ3) is 3.68. The van der Waals surface area contributed by atoms with Crippen molar-refractivity contribution in [1.82, 2.24) is 0 Å². The summed E-state index contributed by atoms with van der Waals surface area (Å²) in [6.07, 6.45) is 0. The minimum Gasteiger partial charge on any atom is -0.395 e. The number of hydrogen-bond donors (Lipinski definition) is 2. The maximum absolute atomic E-state index is 8.70. The molecule has 2 aromatic carbocycles.